The van der Waals surface area contributed by atoms with Crippen molar-refractivity contribution in [3.8, 4) is 78.3 Å². The van der Waals surface area contributed by atoms with Gasteiger partial charge in [-0.15, -0.1) is 0 Å². The second-order valence-electron chi connectivity index (χ2n) is 17.9. The SMILES string of the molecule is c1ccc(-c2ccc(N(c3ccc4c(c3)-c3ccccc3-c3ccccc3O4)c3ccc4c(c3)C3(c5ccccc5-c5ccccc5-4)c4ccccc4-c4c3ccc3ccccc43)cc2)cc1. The predicted octanol–water partition coefficient (Wildman–Crippen LogP) is 17.4. The maximum atomic E-state index is 6.79. The van der Waals surface area contributed by atoms with Gasteiger partial charge >= 0.3 is 0 Å². The molecule has 2 heteroatoms. The molecular formula is C65H41NO. The van der Waals surface area contributed by atoms with Crippen molar-refractivity contribution < 1.29 is 4.74 Å². The Bertz CT molecular complexity index is 3790. The number of hydrogen-bond donors (Lipinski definition) is 0. The Morgan fingerprint density at radius 2 is 0.791 bits per heavy atom. The Morgan fingerprint density at radius 3 is 1.55 bits per heavy atom. The summed E-state index contributed by atoms with van der Waals surface area (Å²) in [5.74, 6) is 1.69. The van der Waals surface area contributed by atoms with Gasteiger partial charge in [0, 0.05) is 28.2 Å². The van der Waals surface area contributed by atoms with Crippen molar-refractivity contribution in [3.05, 3.63) is 271 Å². The molecule has 14 rings (SSSR count). The molecule has 0 fully saturated rings. The van der Waals surface area contributed by atoms with Crippen LogP contribution in [0.5, 0.6) is 11.5 Å². The number of rotatable bonds is 4. The minimum absolute atomic E-state index is 0.647. The molecule has 1 heterocycles. The molecule has 67 heavy (non-hydrogen) atoms. The zero-order valence-electron chi connectivity index (χ0n) is 36.5. The molecule has 0 N–H and O–H groups in total. The highest BCUT2D eigenvalue weighted by molar-refractivity contribution is 6.06. The van der Waals surface area contributed by atoms with Crippen molar-refractivity contribution in [2.24, 2.45) is 0 Å². The quantitative estimate of drug-likeness (QED) is 0.175. The van der Waals surface area contributed by atoms with E-state index in [9.17, 15) is 0 Å². The fourth-order valence-corrected chi connectivity index (χ4v) is 11.7. The summed E-state index contributed by atoms with van der Waals surface area (Å²) in [6, 6.07) is 91.6. The van der Waals surface area contributed by atoms with E-state index in [1.165, 1.54) is 77.5 Å². The van der Waals surface area contributed by atoms with Crippen molar-refractivity contribution in [3.63, 3.8) is 0 Å². The van der Waals surface area contributed by atoms with Crippen LogP contribution in [-0.2, 0) is 5.41 Å². The molecule has 0 amide bonds. The molecule has 2 nitrogen and oxygen atoms in total. The summed E-state index contributed by atoms with van der Waals surface area (Å²) in [7, 11) is 0. The first kappa shape index (κ1) is 37.6. The van der Waals surface area contributed by atoms with Crippen molar-refractivity contribution in [2.45, 2.75) is 5.41 Å². The number of ether oxygens (including phenoxy) is 1. The average molecular weight is 852 g/mol. The molecule has 0 radical (unpaired) electrons. The van der Waals surface area contributed by atoms with Crippen LogP contribution in [-0.4, -0.2) is 0 Å². The van der Waals surface area contributed by atoms with Crippen LogP contribution in [0.2, 0.25) is 0 Å². The molecule has 1 spiro atoms. The van der Waals surface area contributed by atoms with Crippen LogP contribution in [0.15, 0.2) is 249 Å². The second kappa shape index (κ2) is 14.7. The Labute approximate surface area is 390 Å². The molecular weight excluding hydrogens is 811 g/mol. The molecule has 0 saturated heterocycles. The van der Waals surface area contributed by atoms with Gasteiger partial charge < -0.3 is 9.64 Å². The molecule has 0 aromatic heterocycles. The Balaban J connectivity index is 1.07. The van der Waals surface area contributed by atoms with E-state index < -0.39 is 5.41 Å². The topological polar surface area (TPSA) is 12.5 Å². The standard InChI is InChI=1S/C65H41NO/c1-2-16-42(17-3-1)43-30-33-45(34-31-43)66(46-36-39-63-57(40-46)52-23-9-8-22-51(52)55-25-12-15-29-62(55)67-63)47-35-37-54-50-21-7-6-20-49(50)53-24-10-13-27-58(53)65(61(54)41-47)59-28-14-11-26-56(59)64-48-19-5-4-18-44(48)32-38-60(64)65/h1-41H. The van der Waals surface area contributed by atoms with Crippen molar-refractivity contribution in [1.82, 2.24) is 0 Å². The third kappa shape index (κ3) is 5.51. The molecule has 2 aliphatic carbocycles. The molecule has 1 atom stereocenters. The zero-order valence-corrected chi connectivity index (χ0v) is 36.5. The number of para-hydroxylation sites is 1. The van der Waals surface area contributed by atoms with Gasteiger partial charge in [0.1, 0.15) is 11.5 Å². The first-order valence-corrected chi connectivity index (χ1v) is 23.2. The van der Waals surface area contributed by atoms with Gasteiger partial charge in [-0.3, -0.25) is 0 Å². The highest BCUT2D eigenvalue weighted by atomic mass is 16.5. The first-order chi connectivity index (χ1) is 33.2. The molecule has 3 aliphatic rings. The highest BCUT2D eigenvalue weighted by Gasteiger charge is 2.50. The number of nitrogens with zero attached hydrogens (tertiary/aromatic N) is 1. The van der Waals surface area contributed by atoms with Gasteiger partial charge in [0.15, 0.2) is 0 Å². The van der Waals surface area contributed by atoms with Crippen LogP contribution in [0.4, 0.5) is 17.1 Å². The second-order valence-corrected chi connectivity index (χ2v) is 17.9. The third-order valence-electron chi connectivity index (χ3n) is 14.5. The number of hydrogen-bond acceptors (Lipinski definition) is 2. The van der Waals surface area contributed by atoms with E-state index in [1.54, 1.807) is 0 Å². The van der Waals surface area contributed by atoms with E-state index in [2.05, 4.69) is 248 Å². The minimum Gasteiger partial charge on any atom is -0.456 e. The summed E-state index contributed by atoms with van der Waals surface area (Å²) in [5, 5.41) is 2.52. The molecule has 11 aromatic rings. The lowest BCUT2D eigenvalue weighted by Gasteiger charge is -2.36. The fourth-order valence-electron chi connectivity index (χ4n) is 11.7. The van der Waals surface area contributed by atoms with Gasteiger partial charge in [0.2, 0.25) is 0 Å². The van der Waals surface area contributed by atoms with Gasteiger partial charge in [-0.25, -0.2) is 0 Å². The maximum Gasteiger partial charge on any atom is 0.135 e. The van der Waals surface area contributed by atoms with Crippen LogP contribution in [0, 0.1) is 0 Å². The molecule has 11 aromatic carbocycles. The monoisotopic (exact) mass is 851 g/mol. The first-order valence-electron chi connectivity index (χ1n) is 23.2. The van der Waals surface area contributed by atoms with E-state index in [0.29, 0.717) is 0 Å². The number of benzene rings is 11. The van der Waals surface area contributed by atoms with E-state index >= 15 is 0 Å². The van der Waals surface area contributed by atoms with Crippen molar-refractivity contribution in [1.29, 1.82) is 0 Å². The van der Waals surface area contributed by atoms with Gasteiger partial charge in [0.05, 0.1) is 5.41 Å². The Kier molecular flexibility index (Phi) is 8.23. The van der Waals surface area contributed by atoms with Gasteiger partial charge in [-0.1, -0.05) is 200 Å². The smallest absolute Gasteiger partial charge is 0.135 e. The molecule has 1 aliphatic heterocycles. The summed E-state index contributed by atoms with van der Waals surface area (Å²) in [6.07, 6.45) is 0. The van der Waals surface area contributed by atoms with Crippen LogP contribution in [0.3, 0.4) is 0 Å². The van der Waals surface area contributed by atoms with Crippen LogP contribution < -0.4 is 9.64 Å². The Hall–Kier alpha value is -8.72. The number of anilines is 3. The predicted molar refractivity (Wildman–Crippen MR) is 277 cm³/mol. The van der Waals surface area contributed by atoms with Crippen molar-refractivity contribution >= 4 is 27.8 Å². The van der Waals surface area contributed by atoms with Gasteiger partial charge in [-0.05, 0) is 137 Å². The van der Waals surface area contributed by atoms with E-state index in [4.69, 9.17) is 4.74 Å². The third-order valence-corrected chi connectivity index (χ3v) is 14.5. The fraction of sp³-hybridized carbons (Fsp3) is 0.0154. The largest absolute Gasteiger partial charge is 0.456 e. The molecule has 0 saturated carbocycles. The summed E-state index contributed by atoms with van der Waals surface area (Å²) >= 11 is 0. The lowest BCUT2D eigenvalue weighted by atomic mass is 9.65. The highest BCUT2D eigenvalue weighted by Crippen LogP contribution is 2.63. The average Bonchev–Trinajstić information content (AvgIpc) is 3.56. The minimum atomic E-state index is -0.647. The summed E-state index contributed by atoms with van der Waals surface area (Å²) in [6.45, 7) is 0. The van der Waals surface area contributed by atoms with Crippen molar-refractivity contribution in [2.75, 3.05) is 4.90 Å². The lowest BCUT2D eigenvalue weighted by molar-refractivity contribution is 0.488. The normalized spacial score (nSPS) is 14.4. The number of fused-ring (bicyclic) bond motifs is 19. The van der Waals surface area contributed by atoms with Crippen LogP contribution >= 0.6 is 0 Å². The molecule has 0 bridgehead atoms. The molecule has 1 unspecified atom stereocenters. The summed E-state index contributed by atoms with van der Waals surface area (Å²) in [4.78, 5) is 2.44. The van der Waals surface area contributed by atoms with E-state index in [0.717, 1.165) is 50.8 Å². The van der Waals surface area contributed by atoms with E-state index in [-0.39, 0.29) is 0 Å². The van der Waals surface area contributed by atoms with E-state index in [1.807, 2.05) is 6.07 Å². The Morgan fingerprint density at radius 1 is 0.284 bits per heavy atom. The van der Waals surface area contributed by atoms with Gasteiger partial charge in [-0.2, -0.15) is 0 Å². The molecule has 312 valence electrons. The maximum absolute atomic E-state index is 6.79. The summed E-state index contributed by atoms with van der Waals surface area (Å²) in [5.41, 5.74) is 22.0. The van der Waals surface area contributed by atoms with Crippen LogP contribution in [0.25, 0.3) is 77.5 Å². The van der Waals surface area contributed by atoms with Crippen LogP contribution in [0.1, 0.15) is 22.3 Å². The summed E-state index contributed by atoms with van der Waals surface area (Å²) < 4.78 is 6.79. The zero-order chi connectivity index (χ0) is 44.1. The lowest BCUT2D eigenvalue weighted by Crippen LogP contribution is -2.29. The van der Waals surface area contributed by atoms with Gasteiger partial charge in [0.25, 0.3) is 0 Å².